The summed E-state index contributed by atoms with van der Waals surface area (Å²) in [6.45, 7) is 6.35. The zero-order valence-electron chi connectivity index (χ0n) is 12.4. The number of methoxy groups -OCH3 is 1. The minimum absolute atomic E-state index is 0.295. The topological polar surface area (TPSA) is 26.3 Å². The maximum absolute atomic E-state index is 11.9. The van der Waals surface area contributed by atoms with Crippen LogP contribution in [0.5, 0.6) is 0 Å². The van der Waals surface area contributed by atoms with Gasteiger partial charge in [-0.3, -0.25) is 0 Å². The molecule has 0 radical (unpaired) electrons. The number of carbonyl (C=O) groups is 1. The Morgan fingerprint density at radius 3 is 2.25 bits per heavy atom. The Morgan fingerprint density at radius 1 is 1.05 bits per heavy atom. The third-order valence-electron chi connectivity index (χ3n) is 3.54. The summed E-state index contributed by atoms with van der Waals surface area (Å²) in [5.74, 6) is 0.206. The molecule has 0 heterocycles. The van der Waals surface area contributed by atoms with Gasteiger partial charge >= 0.3 is 5.97 Å². The van der Waals surface area contributed by atoms with Crippen molar-refractivity contribution in [3.05, 3.63) is 59.2 Å². The third kappa shape index (κ3) is 2.74. The van der Waals surface area contributed by atoms with Crippen LogP contribution in [0.4, 0.5) is 0 Å². The van der Waals surface area contributed by atoms with Crippen molar-refractivity contribution in [3.8, 4) is 11.1 Å². The smallest absolute Gasteiger partial charge is 0.338 e. The predicted molar refractivity (Wildman–Crippen MR) is 82.0 cm³/mol. The molecule has 0 saturated carbocycles. The molecule has 0 spiro atoms. The van der Waals surface area contributed by atoms with Crippen molar-refractivity contribution in [2.45, 2.75) is 26.7 Å². The number of carbonyl (C=O) groups excluding carboxylic acids is 1. The van der Waals surface area contributed by atoms with Crippen LogP contribution < -0.4 is 0 Å². The average molecular weight is 268 g/mol. The van der Waals surface area contributed by atoms with E-state index >= 15 is 0 Å². The molecule has 0 atom stereocenters. The zero-order valence-corrected chi connectivity index (χ0v) is 12.4. The largest absolute Gasteiger partial charge is 0.465 e. The summed E-state index contributed by atoms with van der Waals surface area (Å²) in [6, 6.07) is 14.1. The van der Waals surface area contributed by atoms with Crippen molar-refractivity contribution in [3.63, 3.8) is 0 Å². The second-order valence-electron chi connectivity index (χ2n) is 5.27. The van der Waals surface area contributed by atoms with Crippen LogP contribution in [-0.2, 0) is 4.74 Å². The molecule has 2 aromatic rings. The van der Waals surface area contributed by atoms with Crippen LogP contribution in [0.15, 0.2) is 42.5 Å². The minimum Gasteiger partial charge on any atom is -0.465 e. The first kappa shape index (κ1) is 14.3. The zero-order chi connectivity index (χ0) is 14.7. The highest BCUT2D eigenvalue weighted by molar-refractivity contribution is 5.98. The monoisotopic (exact) mass is 268 g/mol. The average Bonchev–Trinajstić information content (AvgIpc) is 2.46. The molecule has 0 amide bonds. The van der Waals surface area contributed by atoms with Crippen molar-refractivity contribution in [1.82, 2.24) is 0 Å². The lowest BCUT2D eigenvalue weighted by molar-refractivity contribution is 0.0601. The van der Waals surface area contributed by atoms with Crippen LogP contribution in [0.2, 0.25) is 0 Å². The Morgan fingerprint density at radius 2 is 1.70 bits per heavy atom. The molecule has 2 aromatic carbocycles. The van der Waals surface area contributed by atoms with Crippen LogP contribution >= 0.6 is 0 Å². The lowest BCUT2D eigenvalue weighted by Crippen LogP contribution is -2.04. The van der Waals surface area contributed by atoms with Gasteiger partial charge in [-0.2, -0.15) is 0 Å². The SMILES string of the molecule is COC(=O)c1cccc(C)c1-c1ccc(C(C)C)cc1. The Balaban J connectivity index is 2.54. The maximum Gasteiger partial charge on any atom is 0.338 e. The number of hydrogen-bond donors (Lipinski definition) is 0. The van der Waals surface area contributed by atoms with E-state index in [2.05, 4.69) is 38.1 Å². The van der Waals surface area contributed by atoms with Gasteiger partial charge in [0.15, 0.2) is 0 Å². The van der Waals surface area contributed by atoms with Crippen LogP contribution in [-0.4, -0.2) is 13.1 Å². The molecular formula is C18H20O2. The van der Waals surface area contributed by atoms with Gasteiger partial charge in [0.2, 0.25) is 0 Å². The Kier molecular flexibility index (Phi) is 4.23. The van der Waals surface area contributed by atoms with E-state index in [-0.39, 0.29) is 5.97 Å². The van der Waals surface area contributed by atoms with E-state index in [1.165, 1.54) is 12.7 Å². The fraction of sp³-hybridized carbons (Fsp3) is 0.278. The van der Waals surface area contributed by atoms with E-state index in [1.54, 1.807) is 0 Å². The van der Waals surface area contributed by atoms with Crippen molar-refractivity contribution in [2.75, 3.05) is 7.11 Å². The fourth-order valence-corrected chi connectivity index (χ4v) is 2.37. The van der Waals surface area contributed by atoms with Gasteiger partial charge in [0.25, 0.3) is 0 Å². The van der Waals surface area contributed by atoms with Crippen molar-refractivity contribution in [1.29, 1.82) is 0 Å². The molecule has 0 aliphatic heterocycles. The van der Waals surface area contributed by atoms with E-state index in [1.807, 2.05) is 25.1 Å². The van der Waals surface area contributed by atoms with Crippen LogP contribution in [0, 0.1) is 6.92 Å². The highest BCUT2D eigenvalue weighted by Gasteiger charge is 2.15. The molecule has 20 heavy (non-hydrogen) atoms. The number of hydrogen-bond acceptors (Lipinski definition) is 2. The quantitative estimate of drug-likeness (QED) is 0.762. The summed E-state index contributed by atoms with van der Waals surface area (Å²) in [4.78, 5) is 11.9. The molecule has 104 valence electrons. The fourth-order valence-electron chi connectivity index (χ4n) is 2.37. The summed E-state index contributed by atoms with van der Waals surface area (Å²) >= 11 is 0. The van der Waals surface area contributed by atoms with E-state index in [0.29, 0.717) is 11.5 Å². The second-order valence-corrected chi connectivity index (χ2v) is 5.27. The van der Waals surface area contributed by atoms with Gasteiger partial charge in [0.1, 0.15) is 0 Å². The second kappa shape index (κ2) is 5.91. The normalized spacial score (nSPS) is 10.7. The maximum atomic E-state index is 11.9. The highest BCUT2D eigenvalue weighted by atomic mass is 16.5. The molecule has 0 aliphatic carbocycles. The lowest BCUT2D eigenvalue weighted by atomic mass is 9.93. The number of ether oxygens (including phenoxy) is 1. The van der Waals surface area contributed by atoms with Crippen LogP contribution in [0.1, 0.15) is 41.3 Å². The van der Waals surface area contributed by atoms with Gasteiger partial charge in [0.05, 0.1) is 12.7 Å². The van der Waals surface area contributed by atoms with E-state index in [4.69, 9.17) is 4.74 Å². The number of esters is 1. The summed E-state index contributed by atoms with van der Waals surface area (Å²) in [5, 5.41) is 0. The van der Waals surface area contributed by atoms with Gasteiger partial charge < -0.3 is 4.74 Å². The Labute approximate surface area is 120 Å². The first-order chi connectivity index (χ1) is 9.54. The molecule has 2 nitrogen and oxygen atoms in total. The molecular weight excluding hydrogens is 248 g/mol. The van der Waals surface area contributed by atoms with Crippen molar-refractivity contribution in [2.24, 2.45) is 0 Å². The number of benzene rings is 2. The summed E-state index contributed by atoms with van der Waals surface area (Å²) in [5.41, 5.74) is 4.99. The molecule has 2 rings (SSSR count). The summed E-state index contributed by atoms with van der Waals surface area (Å²) < 4.78 is 4.88. The molecule has 0 bridgehead atoms. The molecule has 0 aliphatic rings. The summed E-state index contributed by atoms with van der Waals surface area (Å²) in [7, 11) is 1.41. The first-order valence-corrected chi connectivity index (χ1v) is 6.83. The molecule has 2 heteroatoms. The molecule has 0 aromatic heterocycles. The number of rotatable bonds is 3. The van der Waals surface area contributed by atoms with E-state index < -0.39 is 0 Å². The van der Waals surface area contributed by atoms with Crippen LogP contribution in [0.25, 0.3) is 11.1 Å². The lowest BCUT2D eigenvalue weighted by Gasteiger charge is -2.13. The van der Waals surface area contributed by atoms with Crippen molar-refractivity contribution < 1.29 is 9.53 Å². The molecule has 0 saturated heterocycles. The standard InChI is InChI=1S/C18H20O2/c1-12(2)14-8-10-15(11-9-14)17-13(3)6-5-7-16(17)18(19)20-4/h5-12H,1-4H3. The van der Waals surface area contributed by atoms with Gasteiger partial charge in [0, 0.05) is 0 Å². The van der Waals surface area contributed by atoms with Crippen LogP contribution in [0.3, 0.4) is 0 Å². The highest BCUT2D eigenvalue weighted by Crippen LogP contribution is 2.29. The predicted octanol–water partition coefficient (Wildman–Crippen LogP) is 4.57. The molecule has 0 fully saturated rings. The summed E-state index contributed by atoms with van der Waals surface area (Å²) in [6.07, 6.45) is 0. The minimum atomic E-state index is -0.295. The third-order valence-corrected chi connectivity index (χ3v) is 3.54. The van der Waals surface area contributed by atoms with E-state index in [9.17, 15) is 4.79 Å². The molecule has 0 N–H and O–H groups in total. The van der Waals surface area contributed by atoms with Crippen molar-refractivity contribution >= 4 is 5.97 Å². The first-order valence-electron chi connectivity index (χ1n) is 6.83. The van der Waals surface area contributed by atoms with E-state index in [0.717, 1.165) is 16.7 Å². The van der Waals surface area contributed by atoms with Gasteiger partial charge in [-0.25, -0.2) is 4.79 Å². The number of aryl methyl sites for hydroxylation is 1. The Hall–Kier alpha value is -2.09. The van der Waals surface area contributed by atoms with Gasteiger partial charge in [-0.1, -0.05) is 50.2 Å². The van der Waals surface area contributed by atoms with Gasteiger partial charge in [-0.15, -0.1) is 0 Å². The molecule has 0 unspecified atom stereocenters. The Bertz CT molecular complexity index is 610. The van der Waals surface area contributed by atoms with Gasteiger partial charge in [-0.05, 0) is 41.2 Å².